The fraction of sp³-hybridized carbons (Fsp3) is 0.402. The van der Waals surface area contributed by atoms with Crippen LogP contribution in [0.5, 0.6) is 6.01 Å². The number of benzene rings is 4. The maximum atomic E-state index is 13.1. The summed E-state index contributed by atoms with van der Waals surface area (Å²) >= 11 is 0. The second-order valence-electron chi connectivity index (χ2n) is 40.7. The smallest absolute Gasteiger partial charge is 0.425 e. The zero-order valence-electron chi connectivity index (χ0n) is 84.2. The van der Waals surface area contributed by atoms with Crippen LogP contribution in [0.1, 0.15) is 240 Å². The maximum Gasteiger partial charge on any atom is 0.425 e. The van der Waals surface area contributed by atoms with Gasteiger partial charge in [0.05, 0.1) is 17.9 Å². The van der Waals surface area contributed by atoms with Gasteiger partial charge in [0.1, 0.15) is 73.4 Å². The summed E-state index contributed by atoms with van der Waals surface area (Å²) in [6, 6.07) is 37.7. The van der Waals surface area contributed by atoms with E-state index in [9.17, 15) is 63.3 Å². The summed E-state index contributed by atoms with van der Waals surface area (Å²) in [6.07, 6.45) is 8.50. The van der Waals surface area contributed by atoms with Crippen LogP contribution < -0.4 is 57.1 Å². The standard InChI is InChI=1S/C37H49N7O8.C33H33N7O7.C32H41N7O6/c1-35(2,3)50-32(47)42-27-13-11-10-12-26(27)41-31-39-21-25(30(45)46)29(43-31)40-24-16-14-22(15-17-24)23-18-19-38-28(20-23)44(33(48)51-36(4,5)6)34(49)52-37(7,8)9;1-32(2,3)46-30(43)40(31(44)47-33(4,5)6)25-17-20(15-16-34-25)19-11-13-21(14-12-19)36-26-23(28(41)42)18-35-29(37-26)45-27-22-9-7-8-10-24(22)38-39-27;1-31(2,3)44-29(42)39(30(43)45-32(4,5)6)25-17-20(15-16-34-25)19-11-13-21(14-12-19)36-26-22(27(40)41)18-35-28(38-26)37-24-10-8-7-9-23(24)33/h14-21,26-27H,10-13H2,1-9H3,(H,42,47)(H,45,46)(H2,39,40,41,43);7-18,27H,1-6H3,(H,41,42)(H,35,36,37);11-18,23-24H,7-10,33H2,1-6H3,(H,40,41)(H2,35,36,37,38)/t26-,27+;;23-,24+/m1.0/s1. The van der Waals surface area contributed by atoms with Gasteiger partial charge >= 0.3 is 66.6 Å². The second kappa shape index (κ2) is 45.6. The summed E-state index contributed by atoms with van der Waals surface area (Å²) in [7, 11) is 0. The summed E-state index contributed by atoms with van der Waals surface area (Å²) in [5, 5.41) is 56.2. The summed E-state index contributed by atoms with van der Waals surface area (Å²) in [5.74, 6) is -2.84. The van der Waals surface area contributed by atoms with Crippen molar-refractivity contribution in [2.75, 3.05) is 41.3 Å². The number of carbonyl (C=O) groups is 10. The quantitative estimate of drug-likeness (QED) is 0.0282. The third kappa shape index (κ3) is 31.9. The van der Waals surface area contributed by atoms with Crippen molar-refractivity contribution in [1.29, 1.82) is 0 Å². The lowest BCUT2D eigenvalue weighted by molar-refractivity contribution is 0.0406. The minimum atomic E-state index is -1.23. The van der Waals surface area contributed by atoms with Crippen molar-refractivity contribution in [3.05, 3.63) is 193 Å². The molecule has 42 heteroatoms. The number of carboxylic acids is 3. The Labute approximate surface area is 833 Å². The first-order valence-electron chi connectivity index (χ1n) is 46.5. The number of anilines is 11. The van der Waals surface area contributed by atoms with Crippen LogP contribution in [0.15, 0.2) is 181 Å². The van der Waals surface area contributed by atoms with Gasteiger partial charge in [-0.1, -0.05) is 80.3 Å². The number of nitrogens with one attached hydrogen (secondary N) is 6. The first-order chi connectivity index (χ1) is 67.4. The van der Waals surface area contributed by atoms with Crippen molar-refractivity contribution in [1.82, 2.24) is 50.2 Å². The van der Waals surface area contributed by atoms with Gasteiger partial charge in [0.25, 0.3) is 0 Å². The number of nitrogens with zero attached hydrogens (tertiary/aromatic N) is 14. The fourth-order valence-electron chi connectivity index (χ4n) is 14.3. The van der Waals surface area contributed by atoms with Gasteiger partial charge in [0.15, 0.2) is 17.5 Å². The van der Waals surface area contributed by atoms with Crippen molar-refractivity contribution in [2.45, 2.75) is 266 Å². The van der Waals surface area contributed by atoms with E-state index in [1.54, 1.807) is 261 Å². The molecule has 10 aromatic rings. The van der Waals surface area contributed by atoms with Crippen LogP contribution in [0.25, 0.3) is 33.4 Å². The molecule has 4 aromatic carbocycles. The topological polar surface area (TPSA) is 554 Å². The van der Waals surface area contributed by atoms with Crippen molar-refractivity contribution in [3.63, 3.8) is 0 Å². The fourth-order valence-corrected chi connectivity index (χ4v) is 14.3. The number of hydrogen-bond acceptors (Lipinski definition) is 35. The van der Waals surface area contributed by atoms with Crippen molar-refractivity contribution in [2.24, 2.45) is 16.0 Å². The Morgan fingerprint density at radius 1 is 0.354 bits per heavy atom. The molecule has 7 amide bonds. The molecule has 13 rings (SSSR count). The number of rotatable bonds is 22. The summed E-state index contributed by atoms with van der Waals surface area (Å²) in [4.78, 5) is 168. The van der Waals surface area contributed by atoms with Crippen LogP contribution in [0.4, 0.5) is 103 Å². The van der Waals surface area contributed by atoms with E-state index in [-0.39, 0.29) is 87.7 Å². The number of amides is 7. The Morgan fingerprint density at radius 2 is 0.667 bits per heavy atom. The average Bonchev–Trinajstić information content (AvgIpc) is 1.63. The molecule has 42 nitrogen and oxygen atoms in total. The Bertz CT molecular complexity index is 6260. The molecule has 7 heterocycles. The minimum Gasteiger partial charge on any atom is -0.477 e. The highest BCUT2D eigenvalue weighted by molar-refractivity contribution is 6.11. The van der Waals surface area contributed by atoms with Crippen molar-refractivity contribution in [3.8, 4) is 39.4 Å². The largest absolute Gasteiger partial charge is 0.477 e. The maximum absolute atomic E-state index is 13.1. The van der Waals surface area contributed by atoms with Crippen LogP contribution in [0.3, 0.4) is 0 Å². The van der Waals surface area contributed by atoms with Gasteiger partial charge in [0, 0.05) is 71.7 Å². The number of imide groups is 3. The molecule has 1 aliphatic heterocycles. The van der Waals surface area contributed by atoms with E-state index in [4.69, 9.17) is 43.6 Å². The number of azo groups is 1. The van der Waals surface area contributed by atoms with Gasteiger partial charge in [-0.15, -0.1) is 5.11 Å². The van der Waals surface area contributed by atoms with Gasteiger partial charge in [-0.2, -0.15) is 34.8 Å². The van der Waals surface area contributed by atoms with E-state index in [2.05, 4.69) is 87.0 Å². The van der Waals surface area contributed by atoms with Crippen LogP contribution in [0.2, 0.25) is 0 Å². The number of ether oxygens (including phenoxy) is 8. The monoisotopic (exact) mass is 1980 g/mol. The number of carboxylic acid groups (broad SMARTS) is 3. The first-order valence-corrected chi connectivity index (χ1v) is 46.5. The number of nitrogens with two attached hydrogens (primary N) is 1. The van der Waals surface area contributed by atoms with Gasteiger partial charge < -0.3 is 90.8 Å². The molecule has 5 atom stereocenters. The Hall–Kier alpha value is -16.2. The van der Waals surface area contributed by atoms with Crippen LogP contribution in [-0.4, -0.2) is 184 Å². The van der Waals surface area contributed by atoms with E-state index >= 15 is 0 Å². The Balaban J connectivity index is 0.000000206. The normalized spacial score (nSPS) is 15.6. The first kappa shape index (κ1) is 108. The molecule has 2 saturated carbocycles. The number of aromatic carboxylic acids is 3. The molecule has 0 radical (unpaired) electrons. The third-order valence-corrected chi connectivity index (χ3v) is 20.5. The van der Waals surface area contributed by atoms with Gasteiger partial charge in [-0.3, -0.25) is 0 Å². The highest BCUT2D eigenvalue weighted by atomic mass is 16.6. The molecular weight excluding hydrogens is 1860 g/mol. The zero-order valence-corrected chi connectivity index (χ0v) is 84.2. The van der Waals surface area contributed by atoms with Crippen LogP contribution in [0, 0.1) is 0 Å². The molecule has 6 aromatic heterocycles. The highest BCUT2D eigenvalue weighted by Crippen LogP contribution is 2.39. The van der Waals surface area contributed by atoms with Crippen molar-refractivity contribution < 1.29 is 101 Å². The number of fused-ring (bicyclic) bond motifs is 1. The summed E-state index contributed by atoms with van der Waals surface area (Å²) < 4.78 is 44.1. The van der Waals surface area contributed by atoms with E-state index in [0.29, 0.717) is 56.5 Å². The molecule has 11 N–H and O–H groups in total. The molecular formula is C102H123N21O21. The second-order valence-corrected chi connectivity index (χ2v) is 40.7. The number of aromatic nitrogens is 9. The summed E-state index contributed by atoms with van der Waals surface area (Å²) in [5.41, 5.74) is 7.15. The van der Waals surface area contributed by atoms with Crippen LogP contribution in [-0.2, 0) is 33.2 Å². The van der Waals surface area contributed by atoms with Gasteiger partial charge in [0.2, 0.25) is 18.1 Å². The molecule has 0 bridgehead atoms. The molecule has 0 spiro atoms. The molecule has 0 saturated heterocycles. The number of hydrogen-bond donors (Lipinski definition) is 10. The number of alkyl carbamates (subject to hydrolysis) is 1. The van der Waals surface area contributed by atoms with E-state index < -0.39 is 106 Å². The molecule has 3 aliphatic rings. The molecule has 2 fully saturated rings. The SMILES string of the molecule is CC(C)(C)OC(=O)N(C(=O)OC(C)(C)C)c1cc(-c2ccc(Nc3nc(N[C@@H]4CCCC[C@@H]4N)ncc3C(=O)O)cc2)ccn1.CC(C)(C)OC(=O)N(C(=O)OC(C)(C)C)c1cc(-c2ccc(Nc3nc(OC4N=Nc5ccccc54)ncc3C(=O)O)cc2)ccn1.CC(C)(C)OC(=O)N[C@H]1CCCC[C@H]1Nc1ncc(C(=O)O)c(Nc2ccc(-c3ccnc(N(C(=O)OC(C)(C)C)C(=O)OC(C)(C)C)c3)cc2)n1. The number of pyridine rings is 3. The molecule has 762 valence electrons. The van der Waals surface area contributed by atoms with E-state index in [1.807, 2.05) is 18.2 Å². The lowest BCUT2D eigenvalue weighted by atomic mass is 9.90. The third-order valence-electron chi connectivity index (χ3n) is 20.5. The molecule has 144 heavy (non-hydrogen) atoms. The zero-order chi connectivity index (χ0) is 105. The van der Waals surface area contributed by atoms with Gasteiger partial charge in [-0.05, 0) is 283 Å². The lowest BCUT2D eigenvalue weighted by Gasteiger charge is -2.33. The van der Waals surface area contributed by atoms with E-state index in [1.165, 1.54) is 31.0 Å². The van der Waals surface area contributed by atoms with Gasteiger partial charge in [-0.25, -0.2) is 77.8 Å². The molecule has 2 aliphatic carbocycles. The molecule has 1 unspecified atom stereocenters. The average molecular weight is 1980 g/mol. The lowest BCUT2D eigenvalue weighted by Crippen LogP contribution is -2.50. The summed E-state index contributed by atoms with van der Waals surface area (Å²) in [6.45, 7) is 35.8. The predicted molar refractivity (Wildman–Crippen MR) is 538 cm³/mol. The Kier molecular flexibility index (Phi) is 34.3. The van der Waals surface area contributed by atoms with Crippen molar-refractivity contribution >= 4 is 130 Å². The highest BCUT2D eigenvalue weighted by Gasteiger charge is 2.40. The Morgan fingerprint density at radius 3 is 1.01 bits per heavy atom. The number of carbonyl (C=O) groups excluding carboxylic acids is 7. The van der Waals surface area contributed by atoms with Crippen LogP contribution >= 0.6 is 0 Å². The van der Waals surface area contributed by atoms with E-state index in [0.717, 1.165) is 83.4 Å². The minimum absolute atomic E-state index is 0.00776. The predicted octanol–water partition coefficient (Wildman–Crippen LogP) is 22.1.